The average molecular weight is 238 g/mol. The molecule has 1 saturated heterocycles. The SMILES string of the molecule is CCC1CCN(C2(C)CCCC2)CC(C)CN1. The summed E-state index contributed by atoms with van der Waals surface area (Å²) in [4.78, 5) is 2.81. The van der Waals surface area contributed by atoms with Crippen LogP contribution in [0.1, 0.15) is 59.3 Å². The molecule has 17 heavy (non-hydrogen) atoms. The minimum absolute atomic E-state index is 0.518. The molecule has 0 aromatic heterocycles. The lowest BCUT2D eigenvalue weighted by molar-refractivity contribution is 0.0759. The summed E-state index contributed by atoms with van der Waals surface area (Å²) in [5, 5.41) is 3.72. The Hall–Kier alpha value is -0.0800. The van der Waals surface area contributed by atoms with Gasteiger partial charge in [-0.25, -0.2) is 0 Å². The number of nitrogens with zero attached hydrogens (tertiary/aromatic N) is 1. The molecular formula is C15H30N2. The molecule has 2 heteroatoms. The van der Waals surface area contributed by atoms with Gasteiger partial charge in [-0.05, 0) is 45.1 Å². The Bertz CT molecular complexity index is 233. The van der Waals surface area contributed by atoms with Crippen LogP contribution in [0.2, 0.25) is 0 Å². The van der Waals surface area contributed by atoms with Crippen LogP contribution in [0.15, 0.2) is 0 Å². The van der Waals surface area contributed by atoms with Crippen molar-refractivity contribution in [2.75, 3.05) is 19.6 Å². The molecule has 100 valence electrons. The summed E-state index contributed by atoms with van der Waals surface area (Å²) >= 11 is 0. The van der Waals surface area contributed by atoms with Gasteiger partial charge < -0.3 is 5.32 Å². The maximum absolute atomic E-state index is 3.72. The van der Waals surface area contributed by atoms with E-state index in [-0.39, 0.29) is 0 Å². The third kappa shape index (κ3) is 3.23. The Kier molecular flexibility index (Phi) is 4.48. The van der Waals surface area contributed by atoms with Crippen molar-refractivity contribution in [2.24, 2.45) is 5.92 Å². The molecule has 0 spiro atoms. The molecule has 1 N–H and O–H groups in total. The summed E-state index contributed by atoms with van der Waals surface area (Å²) in [6.07, 6.45) is 8.33. The van der Waals surface area contributed by atoms with Gasteiger partial charge in [0.1, 0.15) is 0 Å². The van der Waals surface area contributed by atoms with E-state index in [9.17, 15) is 0 Å². The van der Waals surface area contributed by atoms with Crippen molar-refractivity contribution < 1.29 is 0 Å². The maximum atomic E-state index is 3.72. The summed E-state index contributed by atoms with van der Waals surface area (Å²) in [6, 6.07) is 0.741. The van der Waals surface area contributed by atoms with Crippen molar-refractivity contribution in [1.29, 1.82) is 0 Å². The Balaban J connectivity index is 1.99. The molecule has 2 fully saturated rings. The van der Waals surface area contributed by atoms with E-state index in [1.165, 1.54) is 58.2 Å². The van der Waals surface area contributed by atoms with Gasteiger partial charge >= 0.3 is 0 Å². The molecule has 0 aromatic rings. The molecule has 0 amide bonds. The first kappa shape index (κ1) is 13.4. The van der Waals surface area contributed by atoms with Crippen LogP contribution < -0.4 is 5.32 Å². The molecular weight excluding hydrogens is 208 g/mol. The summed E-state index contributed by atoms with van der Waals surface area (Å²) in [6.45, 7) is 11.0. The van der Waals surface area contributed by atoms with Crippen LogP contribution in [-0.4, -0.2) is 36.1 Å². The van der Waals surface area contributed by atoms with Crippen LogP contribution in [0.25, 0.3) is 0 Å². The topological polar surface area (TPSA) is 15.3 Å². The first-order valence-electron chi connectivity index (χ1n) is 7.62. The second-order valence-corrected chi connectivity index (χ2v) is 6.56. The molecule has 0 radical (unpaired) electrons. The van der Waals surface area contributed by atoms with Crippen LogP contribution in [0.3, 0.4) is 0 Å². The molecule has 2 aliphatic rings. The number of rotatable bonds is 2. The van der Waals surface area contributed by atoms with Crippen molar-refractivity contribution in [1.82, 2.24) is 10.2 Å². The van der Waals surface area contributed by atoms with Gasteiger partial charge in [0.2, 0.25) is 0 Å². The van der Waals surface area contributed by atoms with Gasteiger partial charge in [0.15, 0.2) is 0 Å². The molecule has 2 rings (SSSR count). The van der Waals surface area contributed by atoms with Gasteiger partial charge in [-0.1, -0.05) is 26.7 Å². The van der Waals surface area contributed by atoms with E-state index in [0.29, 0.717) is 5.54 Å². The molecule has 2 unspecified atom stereocenters. The third-order valence-electron chi connectivity index (χ3n) is 4.97. The average Bonchev–Trinajstić information content (AvgIpc) is 2.72. The summed E-state index contributed by atoms with van der Waals surface area (Å²) in [5.41, 5.74) is 0.518. The van der Waals surface area contributed by atoms with Crippen LogP contribution in [0.4, 0.5) is 0 Å². The molecule has 1 aliphatic carbocycles. The predicted molar refractivity (Wildman–Crippen MR) is 74.3 cm³/mol. The van der Waals surface area contributed by atoms with Gasteiger partial charge in [-0.15, -0.1) is 0 Å². The van der Waals surface area contributed by atoms with E-state index < -0.39 is 0 Å². The van der Waals surface area contributed by atoms with Crippen molar-refractivity contribution in [2.45, 2.75) is 70.9 Å². The quantitative estimate of drug-likeness (QED) is 0.795. The molecule has 2 atom stereocenters. The lowest BCUT2D eigenvalue weighted by Gasteiger charge is -2.42. The maximum Gasteiger partial charge on any atom is 0.0181 e. The third-order valence-corrected chi connectivity index (χ3v) is 4.97. The van der Waals surface area contributed by atoms with E-state index in [1.54, 1.807) is 0 Å². The van der Waals surface area contributed by atoms with E-state index in [1.807, 2.05) is 0 Å². The van der Waals surface area contributed by atoms with Crippen molar-refractivity contribution in [3.8, 4) is 0 Å². The van der Waals surface area contributed by atoms with Crippen molar-refractivity contribution in [3.63, 3.8) is 0 Å². The summed E-state index contributed by atoms with van der Waals surface area (Å²) < 4.78 is 0. The zero-order valence-corrected chi connectivity index (χ0v) is 12.0. The Labute approximate surface area is 107 Å². The standard InChI is InChI=1S/C15H30N2/c1-4-14-7-10-17(12-13(2)11-16-14)15(3)8-5-6-9-15/h13-14,16H,4-12H2,1-3H3. The van der Waals surface area contributed by atoms with Crippen molar-refractivity contribution in [3.05, 3.63) is 0 Å². The molecule has 1 aliphatic heterocycles. The molecule has 1 saturated carbocycles. The van der Waals surface area contributed by atoms with Crippen LogP contribution in [0, 0.1) is 5.92 Å². The van der Waals surface area contributed by atoms with Gasteiger partial charge in [-0.2, -0.15) is 0 Å². The smallest absolute Gasteiger partial charge is 0.0181 e. The summed E-state index contributed by atoms with van der Waals surface area (Å²) in [5.74, 6) is 0.793. The summed E-state index contributed by atoms with van der Waals surface area (Å²) in [7, 11) is 0. The fourth-order valence-electron chi connectivity index (χ4n) is 3.61. The Morgan fingerprint density at radius 1 is 1.29 bits per heavy atom. The first-order chi connectivity index (χ1) is 8.14. The van der Waals surface area contributed by atoms with E-state index in [2.05, 4.69) is 31.0 Å². The van der Waals surface area contributed by atoms with Crippen LogP contribution in [0.5, 0.6) is 0 Å². The van der Waals surface area contributed by atoms with E-state index in [0.717, 1.165) is 12.0 Å². The van der Waals surface area contributed by atoms with E-state index in [4.69, 9.17) is 0 Å². The molecule has 0 bridgehead atoms. The highest BCUT2D eigenvalue weighted by Crippen LogP contribution is 2.35. The Morgan fingerprint density at radius 3 is 2.65 bits per heavy atom. The Morgan fingerprint density at radius 2 is 2.00 bits per heavy atom. The second-order valence-electron chi connectivity index (χ2n) is 6.56. The zero-order valence-electron chi connectivity index (χ0n) is 12.0. The molecule has 1 heterocycles. The monoisotopic (exact) mass is 238 g/mol. The fraction of sp³-hybridized carbons (Fsp3) is 1.00. The van der Waals surface area contributed by atoms with E-state index >= 15 is 0 Å². The largest absolute Gasteiger partial charge is 0.314 e. The first-order valence-corrected chi connectivity index (χ1v) is 7.62. The highest BCUT2D eigenvalue weighted by atomic mass is 15.2. The van der Waals surface area contributed by atoms with Gasteiger partial charge in [0.05, 0.1) is 0 Å². The van der Waals surface area contributed by atoms with Gasteiger partial charge in [0, 0.05) is 24.7 Å². The number of nitrogens with one attached hydrogen (secondary N) is 1. The van der Waals surface area contributed by atoms with Gasteiger partial charge in [0.25, 0.3) is 0 Å². The zero-order chi connectivity index (χ0) is 12.3. The second kappa shape index (κ2) is 5.71. The van der Waals surface area contributed by atoms with Crippen LogP contribution in [-0.2, 0) is 0 Å². The van der Waals surface area contributed by atoms with Gasteiger partial charge in [-0.3, -0.25) is 4.90 Å². The van der Waals surface area contributed by atoms with Crippen LogP contribution >= 0.6 is 0 Å². The highest BCUT2D eigenvalue weighted by molar-refractivity contribution is 4.92. The number of hydrogen-bond acceptors (Lipinski definition) is 2. The predicted octanol–water partition coefficient (Wildman–Crippen LogP) is 3.03. The highest BCUT2D eigenvalue weighted by Gasteiger charge is 2.36. The van der Waals surface area contributed by atoms with Crippen molar-refractivity contribution >= 4 is 0 Å². The fourth-order valence-corrected chi connectivity index (χ4v) is 3.61. The lowest BCUT2D eigenvalue weighted by atomic mass is 9.94. The molecule has 0 aromatic carbocycles. The molecule has 2 nitrogen and oxygen atoms in total. The lowest BCUT2D eigenvalue weighted by Crippen LogP contribution is -2.51. The normalized spacial score (nSPS) is 35.5. The minimum atomic E-state index is 0.518. The minimum Gasteiger partial charge on any atom is -0.314 e. The number of hydrogen-bond donors (Lipinski definition) is 1.